The molecule has 1 aliphatic carbocycles. The predicted octanol–water partition coefficient (Wildman–Crippen LogP) is 2.61. The molecule has 0 unspecified atom stereocenters. The fraction of sp³-hybridized carbons (Fsp3) is 0.538. The number of rotatable bonds is 6. The van der Waals surface area contributed by atoms with Crippen LogP contribution in [-0.2, 0) is 4.74 Å². The van der Waals surface area contributed by atoms with Crippen molar-refractivity contribution >= 4 is 23.2 Å². The van der Waals surface area contributed by atoms with Gasteiger partial charge in [-0.05, 0) is 36.8 Å². The van der Waals surface area contributed by atoms with Gasteiger partial charge in [-0.2, -0.15) is 4.98 Å². The van der Waals surface area contributed by atoms with E-state index >= 15 is 0 Å². The molecule has 3 rings (SSSR count). The number of methoxy groups -OCH3 is 1. The molecule has 0 aromatic carbocycles. The molecule has 2 heterocycles. The Kier molecular flexibility index (Phi) is 3.33. The lowest BCUT2D eigenvalue weighted by molar-refractivity contribution is 0.175. The van der Waals surface area contributed by atoms with Crippen LogP contribution in [0.25, 0.3) is 5.65 Å². The van der Waals surface area contributed by atoms with Gasteiger partial charge in [0.15, 0.2) is 5.65 Å². The summed E-state index contributed by atoms with van der Waals surface area (Å²) >= 11 is 5.92. The molecule has 2 aromatic heterocycles. The summed E-state index contributed by atoms with van der Waals surface area (Å²) in [5.41, 5.74) is 1.18. The van der Waals surface area contributed by atoms with E-state index in [0.29, 0.717) is 16.4 Å². The van der Waals surface area contributed by atoms with E-state index in [1.165, 1.54) is 12.8 Å². The third-order valence-corrected chi connectivity index (χ3v) is 3.93. The van der Waals surface area contributed by atoms with E-state index in [1.54, 1.807) is 17.8 Å². The summed E-state index contributed by atoms with van der Waals surface area (Å²) in [6.45, 7) is 1.72. The first-order chi connectivity index (χ1) is 9.21. The van der Waals surface area contributed by atoms with Crippen molar-refractivity contribution in [2.24, 2.45) is 5.41 Å². The fourth-order valence-corrected chi connectivity index (χ4v) is 2.37. The minimum absolute atomic E-state index is 0.380. The maximum atomic E-state index is 5.92. The van der Waals surface area contributed by atoms with Crippen molar-refractivity contribution in [3.8, 4) is 0 Å². The van der Waals surface area contributed by atoms with Crippen LogP contribution in [0.5, 0.6) is 0 Å². The van der Waals surface area contributed by atoms with Gasteiger partial charge in [0, 0.05) is 26.5 Å². The number of halogens is 1. The Morgan fingerprint density at radius 1 is 1.47 bits per heavy atom. The van der Waals surface area contributed by atoms with E-state index in [1.807, 2.05) is 12.1 Å². The second-order valence-electron chi connectivity index (χ2n) is 5.18. The minimum Gasteiger partial charge on any atom is -0.385 e. The molecule has 0 aliphatic heterocycles. The first-order valence-electron chi connectivity index (χ1n) is 6.46. The van der Waals surface area contributed by atoms with E-state index < -0.39 is 0 Å². The minimum atomic E-state index is 0.380. The number of anilines is 1. The van der Waals surface area contributed by atoms with Crippen LogP contribution in [0.15, 0.2) is 18.3 Å². The molecule has 102 valence electrons. The third kappa shape index (κ3) is 2.82. The molecule has 1 N–H and O–H groups in total. The Balaban J connectivity index is 1.65. The van der Waals surface area contributed by atoms with E-state index in [0.717, 1.165) is 25.2 Å². The molecule has 0 spiro atoms. The number of nitrogens with one attached hydrogen (secondary N) is 1. The highest BCUT2D eigenvalue weighted by molar-refractivity contribution is 6.30. The monoisotopic (exact) mass is 280 g/mol. The van der Waals surface area contributed by atoms with Crippen molar-refractivity contribution in [3.63, 3.8) is 0 Å². The fourth-order valence-electron chi connectivity index (χ4n) is 2.21. The van der Waals surface area contributed by atoms with Crippen LogP contribution >= 0.6 is 11.6 Å². The van der Waals surface area contributed by atoms with Crippen LogP contribution in [0, 0.1) is 5.41 Å². The first kappa shape index (κ1) is 12.7. The number of fused-ring (bicyclic) bond motifs is 1. The molecule has 1 saturated carbocycles. The Morgan fingerprint density at radius 3 is 3.05 bits per heavy atom. The standard InChI is InChI=1S/C13H17ClN4O/c1-19-7-6-13(4-5-13)9-15-12-16-11-3-2-10(14)8-18(11)17-12/h2-3,8H,4-7,9H2,1H3,(H,15,17). The maximum Gasteiger partial charge on any atom is 0.243 e. The van der Waals surface area contributed by atoms with E-state index in [9.17, 15) is 0 Å². The highest BCUT2D eigenvalue weighted by Gasteiger charge is 2.41. The van der Waals surface area contributed by atoms with Crippen molar-refractivity contribution in [1.29, 1.82) is 0 Å². The highest BCUT2D eigenvalue weighted by Crippen LogP contribution is 2.48. The zero-order valence-electron chi connectivity index (χ0n) is 10.9. The Bertz CT molecular complexity index is 579. The van der Waals surface area contributed by atoms with Gasteiger partial charge in [-0.1, -0.05) is 11.6 Å². The number of hydrogen-bond donors (Lipinski definition) is 1. The van der Waals surface area contributed by atoms with Gasteiger partial charge in [-0.25, -0.2) is 4.52 Å². The first-order valence-corrected chi connectivity index (χ1v) is 6.83. The molecular formula is C13H17ClN4O. The summed E-state index contributed by atoms with van der Waals surface area (Å²) in [6, 6.07) is 3.68. The van der Waals surface area contributed by atoms with E-state index in [-0.39, 0.29) is 0 Å². The number of aromatic nitrogens is 3. The van der Waals surface area contributed by atoms with Gasteiger partial charge in [0.05, 0.1) is 5.02 Å². The van der Waals surface area contributed by atoms with Gasteiger partial charge >= 0.3 is 0 Å². The lowest BCUT2D eigenvalue weighted by atomic mass is 10.0. The highest BCUT2D eigenvalue weighted by atomic mass is 35.5. The smallest absolute Gasteiger partial charge is 0.243 e. The molecular weight excluding hydrogens is 264 g/mol. The molecule has 1 aliphatic rings. The summed E-state index contributed by atoms with van der Waals surface area (Å²) in [5.74, 6) is 0.658. The second kappa shape index (κ2) is 4.98. The van der Waals surface area contributed by atoms with Crippen LogP contribution in [0.2, 0.25) is 5.02 Å². The summed E-state index contributed by atoms with van der Waals surface area (Å²) in [7, 11) is 1.75. The van der Waals surface area contributed by atoms with Crippen molar-refractivity contribution in [1.82, 2.24) is 14.6 Å². The van der Waals surface area contributed by atoms with Gasteiger partial charge in [-0.15, -0.1) is 5.10 Å². The molecule has 1 fully saturated rings. The van der Waals surface area contributed by atoms with Crippen molar-refractivity contribution in [2.75, 3.05) is 25.6 Å². The van der Waals surface area contributed by atoms with Crippen molar-refractivity contribution in [3.05, 3.63) is 23.4 Å². The Labute approximate surface area is 116 Å². The average Bonchev–Trinajstić information content (AvgIpc) is 3.06. The SMILES string of the molecule is COCCC1(CNc2nc3ccc(Cl)cn3n2)CC1. The van der Waals surface area contributed by atoms with Gasteiger partial charge in [0.2, 0.25) is 5.95 Å². The zero-order valence-corrected chi connectivity index (χ0v) is 11.7. The maximum absolute atomic E-state index is 5.92. The van der Waals surface area contributed by atoms with Gasteiger partial charge in [0.1, 0.15) is 0 Å². The summed E-state index contributed by atoms with van der Waals surface area (Å²) in [5, 5.41) is 8.34. The molecule has 0 radical (unpaired) electrons. The van der Waals surface area contributed by atoms with Crippen LogP contribution in [0.3, 0.4) is 0 Å². The van der Waals surface area contributed by atoms with E-state index in [2.05, 4.69) is 15.4 Å². The lowest BCUT2D eigenvalue weighted by Crippen LogP contribution is -2.17. The Hall–Kier alpha value is -1.33. The molecule has 0 amide bonds. The third-order valence-electron chi connectivity index (χ3n) is 3.71. The Morgan fingerprint density at radius 2 is 2.32 bits per heavy atom. The molecule has 19 heavy (non-hydrogen) atoms. The zero-order chi connectivity index (χ0) is 13.3. The predicted molar refractivity (Wildman–Crippen MR) is 74.6 cm³/mol. The molecule has 6 heteroatoms. The number of pyridine rings is 1. The topological polar surface area (TPSA) is 51.5 Å². The lowest BCUT2D eigenvalue weighted by Gasteiger charge is -2.14. The number of nitrogens with zero attached hydrogens (tertiary/aromatic N) is 3. The normalized spacial score (nSPS) is 16.7. The number of ether oxygens (including phenoxy) is 1. The number of hydrogen-bond acceptors (Lipinski definition) is 4. The summed E-state index contributed by atoms with van der Waals surface area (Å²) < 4.78 is 6.85. The second-order valence-corrected chi connectivity index (χ2v) is 5.62. The molecule has 0 bridgehead atoms. The van der Waals surface area contributed by atoms with Crippen molar-refractivity contribution in [2.45, 2.75) is 19.3 Å². The quantitative estimate of drug-likeness (QED) is 0.884. The molecule has 5 nitrogen and oxygen atoms in total. The van der Waals surface area contributed by atoms with Crippen LogP contribution in [-0.4, -0.2) is 34.9 Å². The van der Waals surface area contributed by atoms with Crippen molar-refractivity contribution < 1.29 is 4.74 Å². The molecule has 0 saturated heterocycles. The largest absolute Gasteiger partial charge is 0.385 e. The summed E-state index contributed by atoms with van der Waals surface area (Å²) in [4.78, 5) is 4.42. The molecule has 0 atom stereocenters. The van der Waals surface area contributed by atoms with Crippen LogP contribution in [0.4, 0.5) is 5.95 Å². The van der Waals surface area contributed by atoms with Gasteiger partial charge < -0.3 is 10.1 Å². The van der Waals surface area contributed by atoms with E-state index in [4.69, 9.17) is 16.3 Å². The van der Waals surface area contributed by atoms with Crippen LogP contribution < -0.4 is 5.32 Å². The molecule has 2 aromatic rings. The van der Waals surface area contributed by atoms with Gasteiger partial charge in [0.25, 0.3) is 0 Å². The summed E-state index contributed by atoms with van der Waals surface area (Å²) in [6.07, 6.45) is 5.35. The van der Waals surface area contributed by atoms with Crippen LogP contribution in [0.1, 0.15) is 19.3 Å². The average molecular weight is 281 g/mol. The van der Waals surface area contributed by atoms with Gasteiger partial charge in [-0.3, -0.25) is 0 Å².